The number of primary amides is 1. The number of carbonyl (C=O) groups is 1. The highest BCUT2D eigenvalue weighted by molar-refractivity contribution is 6.35. The predicted molar refractivity (Wildman–Crippen MR) is 62.7 cm³/mol. The highest BCUT2D eigenvalue weighted by Crippen LogP contribution is 2.28. The summed E-state index contributed by atoms with van der Waals surface area (Å²) in [7, 11) is 0. The SMILES string of the molecule is NC(=O)c1ccc(-c2cc(Cl)cc(Cl)c2)o1. The first-order valence-electron chi connectivity index (χ1n) is 4.42. The van der Waals surface area contributed by atoms with E-state index in [-0.39, 0.29) is 5.76 Å². The number of halogens is 2. The summed E-state index contributed by atoms with van der Waals surface area (Å²) in [5.74, 6) is -0.0105. The van der Waals surface area contributed by atoms with Gasteiger partial charge in [0.05, 0.1) is 0 Å². The first-order chi connectivity index (χ1) is 7.56. The van der Waals surface area contributed by atoms with Gasteiger partial charge in [0, 0.05) is 15.6 Å². The fraction of sp³-hybridized carbons (Fsp3) is 0. The van der Waals surface area contributed by atoms with Gasteiger partial charge in [-0.05, 0) is 30.3 Å². The second-order valence-corrected chi connectivity index (χ2v) is 4.06. The Labute approximate surface area is 102 Å². The van der Waals surface area contributed by atoms with Gasteiger partial charge in [-0.2, -0.15) is 0 Å². The van der Waals surface area contributed by atoms with E-state index in [1.54, 1.807) is 24.3 Å². The van der Waals surface area contributed by atoms with Crippen LogP contribution < -0.4 is 5.73 Å². The van der Waals surface area contributed by atoms with E-state index >= 15 is 0 Å². The largest absolute Gasteiger partial charge is 0.451 e. The van der Waals surface area contributed by atoms with Crippen LogP contribution >= 0.6 is 23.2 Å². The predicted octanol–water partition coefficient (Wildman–Crippen LogP) is 3.35. The Kier molecular flexibility index (Phi) is 2.90. The Bertz CT molecular complexity index is 528. The summed E-state index contributed by atoms with van der Waals surface area (Å²) in [5, 5.41) is 0.999. The molecular weight excluding hydrogens is 249 g/mol. The molecule has 0 unspecified atom stereocenters. The summed E-state index contributed by atoms with van der Waals surface area (Å²) in [4.78, 5) is 10.9. The number of benzene rings is 1. The molecule has 0 aliphatic rings. The van der Waals surface area contributed by atoms with E-state index in [1.807, 2.05) is 0 Å². The number of rotatable bonds is 2. The summed E-state index contributed by atoms with van der Waals surface area (Å²) >= 11 is 11.7. The van der Waals surface area contributed by atoms with E-state index in [0.29, 0.717) is 21.4 Å². The second kappa shape index (κ2) is 4.20. The molecule has 0 saturated carbocycles. The number of nitrogens with two attached hydrogens (primary N) is 1. The lowest BCUT2D eigenvalue weighted by molar-refractivity contribution is 0.0975. The summed E-state index contributed by atoms with van der Waals surface area (Å²) < 4.78 is 5.25. The zero-order valence-electron chi connectivity index (χ0n) is 8.04. The molecule has 5 heteroatoms. The van der Waals surface area contributed by atoms with Crippen molar-refractivity contribution in [2.45, 2.75) is 0 Å². The molecular formula is C11H7Cl2NO2. The van der Waals surface area contributed by atoms with E-state index in [1.165, 1.54) is 6.07 Å². The van der Waals surface area contributed by atoms with Gasteiger partial charge in [0.15, 0.2) is 5.76 Å². The van der Waals surface area contributed by atoms with Crippen LogP contribution in [0.5, 0.6) is 0 Å². The zero-order valence-corrected chi connectivity index (χ0v) is 9.55. The van der Waals surface area contributed by atoms with Gasteiger partial charge < -0.3 is 10.2 Å². The van der Waals surface area contributed by atoms with Gasteiger partial charge in [-0.3, -0.25) is 4.79 Å². The van der Waals surface area contributed by atoms with Crippen LogP contribution in [0.25, 0.3) is 11.3 Å². The van der Waals surface area contributed by atoms with Crippen molar-refractivity contribution in [3.8, 4) is 11.3 Å². The molecule has 2 rings (SSSR count). The van der Waals surface area contributed by atoms with Crippen molar-refractivity contribution >= 4 is 29.1 Å². The smallest absolute Gasteiger partial charge is 0.284 e. The van der Waals surface area contributed by atoms with Crippen molar-refractivity contribution < 1.29 is 9.21 Å². The minimum absolute atomic E-state index is 0.103. The minimum atomic E-state index is -0.612. The number of hydrogen-bond acceptors (Lipinski definition) is 2. The van der Waals surface area contributed by atoms with Crippen LogP contribution in [0.15, 0.2) is 34.7 Å². The Morgan fingerprint density at radius 3 is 2.25 bits per heavy atom. The number of furan rings is 1. The molecule has 3 nitrogen and oxygen atoms in total. The number of amides is 1. The first kappa shape index (κ1) is 11.0. The molecule has 16 heavy (non-hydrogen) atoms. The van der Waals surface area contributed by atoms with Gasteiger partial charge in [-0.25, -0.2) is 0 Å². The van der Waals surface area contributed by atoms with Gasteiger partial charge in [0.1, 0.15) is 5.76 Å². The third-order valence-corrected chi connectivity index (χ3v) is 2.43. The molecule has 0 atom stereocenters. The fourth-order valence-electron chi connectivity index (χ4n) is 1.32. The average molecular weight is 256 g/mol. The van der Waals surface area contributed by atoms with Crippen molar-refractivity contribution in [1.82, 2.24) is 0 Å². The molecule has 2 aromatic rings. The van der Waals surface area contributed by atoms with Gasteiger partial charge in [-0.15, -0.1) is 0 Å². The van der Waals surface area contributed by atoms with Crippen LogP contribution in [0.2, 0.25) is 10.0 Å². The normalized spacial score (nSPS) is 10.4. The summed E-state index contributed by atoms with van der Waals surface area (Å²) in [6.07, 6.45) is 0. The standard InChI is InChI=1S/C11H7Cl2NO2/c12-7-3-6(4-8(13)5-7)9-1-2-10(16-9)11(14)15/h1-5H,(H2,14,15). The topological polar surface area (TPSA) is 56.2 Å². The van der Waals surface area contributed by atoms with Gasteiger partial charge in [-0.1, -0.05) is 23.2 Å². The quantitative estimate of drug-likeness (QED) is 0.895. The Morgan fingerprint density at radius 1 is 1.12 bits per heavy atom. The molecule has 1 heterocycles. The molecule has 0 saturated heterocycles. The maximum absolute atomic E-state index is 10.9. The summed E-state index contributed by atoms with van der Waals surface area (Å²) in [6.45, 7) is 0. The van der Waals surface area contributed by atoms with Crippen LogP contribution in [0, 0.1) is 0 Å². The van der Waals surface area contributed by atoms with Crippen molar-refractivity contribution in [2.75, 3.05) is 0 Å². The highest BCUT2D eigenvalue weighted by atomic mass is 35.5. The zero-order chi connectivity index (χ0) is 11.7. The lowest BCUT2D eigenvalue weighted by atomic mass is 10.2. The van der Waals surface area contributed by atoms with Crippen molar-refractivity contribution in [2.24, 2.45) is 5.73 Å². The Hall–Kier alpha value is -1.45. The molecule has 0 spiro atoms. The van der Waals surface area contributed by atoms with E-state index in [9.17, 15) is 4.79 Å². The van der Waals surface area contributed by atoms with Crippen LogP contribution in [0.4, 0.5) is 0 Å². The lowest BCUT2D eigenvalue weighted by Crippen LogP contribution is -2.09. The number of carbonyl (C=O) groups excluding carboxylic acids is 1. The minimum Gasteiger partial charge on any atom is -0.451 e. The molecule has 82 valence electrons. The lowest BCUT2D eigenvalue weighted by Gasteiger charge is -1.99. The third-order valence-electron chi connectivity index (χ3n) is 2.00. The molecule has 1 amide bonds. The van der Waals surface area contributed by atoms with E-state index in [0.717, 1.165) is 0 Å². The summed E-state index contributed by atoms with van der Waals surface area (Å²) in [6, 6.07) is 8.15. The molecule has 0 aliphatic carbocycles. The van der Waals surface area contributed by atoms with Crippen LogP contribution in [0.3, 0.4) is 0 Å². The van der Waals surface area contributed by atoms with Crippen molar-refractivity contribution in [1.29, 1.82) is 0 Å². The maximum Gasteiger partial charge on any atom is 0.284 e. The fourth-order valence-corrected chi connectivity index (χ4v) is 1.85. The van der Waals surface area contributed by atoms with Gasteiger partial charge in [0.2, 0.25) is 0 Å². The Balaban J connectivity index is 2.46. The second-order valence-electron chi connectivity index (χ2n) is 3.19. The Morgan fingerprint density at radius 2 is 1.75 bits per heavy atom. The highest BCUT2D eigenvalue weighted by Gasteiger charge is 2.09. The van der Waals surface area contributed by atoms with E-state index < -0.39 is 5.91 Å². The monoisotopic (exact) mass is 255 g/mol. The molecule has 2 N–H and O–H groups in total. The van der Waals surface area contributed by atoms with E-state index in [2.05, 4.69) is 0 Å². The average Bonchev–Trinajstić information content (AvgIpc) is 2.64. The molecule has 1 aromatic heterocycles. The molecule has 1 aromatic carbocycles. The third kappa shape index (κ3) is 2.21. The van der Waals surface area contributed by atoms with Gasteiger partial charge in [0.25, 0.3) is 5.91 Å². The van der Waals surface area contributed by atoms with E-state index in [4.69, 9.17) is 33.4 Å². The molecule has 0 bridgehead atoms. The maximum atomic E-state index is 10.9. The summed E-state index contributed by atoms with van der Waals surface area (Å²) in [5.41, 5.74) is 5.78. The molecule has 0 radical (unpaired) electrons. The van der Waals surface area contributed by atoms with Gasteiger partial charge >= 0.3 is 0 Å². The van der Waals surface area contributed by atoms with Crippen LogP contribution in [-0.2, 0) is 0 Å². The van der Waals surface area contributed by atoms with Crippen LogP contribution in [-0.4, -0.2) is 5.91 Å². The van der Waals surface area contributed by atoms with Crippen molar-refractivity contribution in [3.05, 3.63) is 46.1 Å². The number of hydrogen-bond donors (Lipinski definition) is 1. The van der Waals surface area contributed by atoms with Crippen LogP contribution in [0.1, 0.15) is 10.6 Å². The van der Waals surface area contributed by atoms with Crippen molar-refractivity contribution in [3.63, 3.8) is 0 Å². The molecule has 0 aliphatic heterocycles. The first-order valence-corrected chi connectivity index (χ1v) is 5.18. The molecule has 0 fully saturated rings.